The third kappa shape index (κ3) is 3.62. The average Bonchev–Trinajstić information content (AvgIpc) is 2.36. The van der Waals surface area contributed by atoms with E-state index in [0.29, 0.717) is 23.2 Å². The molecule has 0 aliphatic carbocycles. The molecule has 1 saturated heterocycles. The van der Waals surface area contributed by atoms with Gasteiger partial charge in [-0.25, -0.2) is 4.39 Å². The van der Waals surface area contributed by atoms with Crippen LogP contribution in [0.5, 0.6) is 0 Å². The zero-order chi connectivity index (χ0) is 13.0. The number of ketones is 1. The van der Waals surface area contributed by atoms with E-state index in [0.717, 1.165) is 31.5 Å². The van der Waals surface area contributed by atoms with Crippen molar-refractivity contribution in [2.75, 3.05) is 13.1 Å². The number of benzene rings is 1. The van der Waals surface area contributed by atoms with Gasteiger partial charge in [-0.05, 0) is 59.4 Å². The highest BCUT2D eigenvalue weighted by molar-refractivity contribution is 9.10. The SMILES string of the molecule is O=C(Cc1cccc(F)c1Br)CC1CCNCC1. The highest BCUT2D eigenvalue weighted by atomic mass is 79.9. The average molecular weight is 314 g/mol. The monoisotopic (exact) mass is 313 g/mol. The number of carbonyl (C=O) groups excluding carboxylic acids is 1. The fourth-order valence-electron chi connectivity index (χ4n) is 2.38. The number of nitrogens with one attached hydrogen (secondary N) is 1. The molecule has 1 aromatic rings. The molecule has 2 nitrogen and oxygen atoms in total. The van der Waals surface area contributed by atoms with Gasteiger partial charge in [-0.15, -0.1) is 0 Å². The number of hydrogen-bond acceptors (Lipinski definition) is 2. The van der Waals surface area contributed by atoms with Crippen molar-refractivity contribution in [1.82, 2.24) is 5.32 Å². The van der Waals surface area contributed by atoms with Crippen molar-refractivity contribution in [3.8, 4) is 0 Å². The number of halogens is 2. The highest BCUT2D eigenvalue weighted by Gasteiger charge is 2.18. The fourth-order valence-corrected chi connectivity index (χ4v) is 2.78. The van der Waals surface area contributed by atoms with E-state index in [1.165, 1.54) is 6.07 Å². The van der Waals surface area contributed by atoms with Crippen molar-refractivity contribution in [2.45, 2.75) is 25.7 Å². The molecule has 1 N–H and O–H groups in total. The Morgan fingerprint density at radius 3 is 2.83 bits per heavy atom. The molecule has 2 rings (SSSR count). The van der Waals surface area contributed by atoms with E-state index in [4.69, 9.17) is 0 Å². The summed E-state index contributed by atoms with van der Waals surface area (Å²) in [6.45, 7) is 2.00. The van der Waals surface area contributed by atoms with Crippen LogP contribution in [0.1, 0.15) is 24.8 Å². The maximum atomic E-state index is 13.3. The second-order valence-electron chi connectivity index (χ2n) is 4.83. The summed E-state index contributed by atoms with van der Waals surface area (Å²) < 4.78 is 13.7. The lowest BCUT2D eigenvalue weighted by atomic mass is 9.91. The molecular formula is C14H17BrFNO. The molecule has 0 atom stereocenters. The van der Waals surface area contributed by atoms with Gasteiger partial charge in [0.15, 0.2) is 0 Å². The van der Waals surface area contributed by atoms with Crippen LogP contribution in [0, 0.1) is 11.7 Å². The molecule has 0 amide bonds. The summed E-state index contributed by atoms with van der Waals surface area (Å²) in [6.07, 6.45) is 3.07. The summed E-state index contributed by atoms with van der Waals surface area (Å²) in [4.78, 5) is 12.0. The molecule has 0 spiro atoms. The summed E-state index contributed by atoms with van der Waals surface area (Å²) in [5.74, 6) is 0.390. The smallest absolute Gasteiger partial charge is 0.137 e. The highest BCUT2D eigenvalue weighted by Crippen LogP contribution is 2.23. The predicted molar refractivity (Wildman–Crippen MR) is 73.0 cm³/mol. The third-order valence-corrected chi connectivity index (χ3v) is 4.28. The zero-order valence-corrected chi connectivity index (χ0v) is 11.8. The van der Waals surface area contributed by atoms with E-state index in [9.17, 15) is 9.18 Å². The first-order valence-electron chi connectivity index (χ1n) is 6.32. The van der Waals surface area contributed by atoms with Crippen molar-refractivity contribution in [3.05, 3.63) is 34.1 Å². The number of Topliss-reactive ketones (excluding diaryl/α,β-unsaturated/α-hetero) is 1. The van der Waals surface area contributed by atoms with Gasteiger partial charge in [0.1, 0.15) is 11.6 Å². The lowest BCUT2D eigenvalue weighted by Gasteiger charge is -2.21. The molecule has 18 heavy (non-hydrogen) atoms. The van der Waals surface area contributed by atoms with Crippen molar-refractivity contribution >= 4 is 21.7 Å². The van der Waals surface area contributed by atoms with E-state index >= 15 is 0 Å². The summed E-state index contributed by atoms with van der Waals surface area (Å²) in [5, 5.41) is 3.29. The molecule has 1 heterocycles. The Labute approximate surface area is 115 Å². The molecule has 1 aliphatic rings. The molecular weight excluding hydrogens is 297 g/mol. The Balaban J connectivity index is 1.92. The van der Waals surface area contributed by atoms with Crippen LogP contribution in [0.25, 0.3) is 0 Å². The summed E-state index contributed by atoms with van der Waals surface area (Å²) in [7, 11) is 0. The Morgan fingerprint density at radius 1 is 1.39 bits per heavy atom. The van der Waals surface area contributed by atoms with E-state index < -0.39 is 0 Å². The lowest BCUT2D eigenvalue weighted by molar-refractivity contribution is -0.119. The van der Waals surface area contributed by atoms with Crippen molar-refractivity contribution in [1.29, 1.82) is 0 Å². The van der Waals surface area contributed by atoms with Gasteiger partial charge in [0.05, 0.1) is 4.47 Å². The number of rotatable bonds is 4. The Kier molecular flexibility index (Phi) is 4.89. The van der Waals surface area contributed by atoms with E-state index in [1.807, 2.05) is 0 Å². The van der Waals surface area contributed by atoms with Crippen LogP contribution in [-0.2, 0) is 11.2 Å². The molecule has 1 aliphatic heterocycles. The minimum Gasteiger partial charge on any atom is -0.317 e. The summed E-state index contributed by atoms with van der Waals surface area (Å²) in [6, 6.07) is 4.84. The van der Waals surface area contributed by atoms with Crippen LogP contribution in [0.2, 0.25) is 0 Å². The van der Waals surface area contributed by atoms with Crippen LogP contribution < -0.4 is 5.32 Å². The topological polar surface area (TPSA) is 29.1 Å². The maximum Gasteiger partial charge on any atom is 0.137 e. The second kappa shape index (κ2) is 6.43. The first-order valence-corrected chi connectivity index (χ1v) is 7.11. The molecule has 1 fully saturated rings. The Bertz CT molecular complexity index is 430. The van der Waals surface area contributed by atoms with Gasteiger partial charge in [0.2, 0.25) is 0 Å². The first-order chi connectivity index (χ1) is 8.66. The van der Waals surface area contributed by atoms with Crippen molar-refractivity contribution < 1.29 is 9.18 Å². The molecule has 0 bridgehead atoms. The molecule has 0 unspecified atom stereocenters. The van der Waals surface area contributed by atoms with Crippen LogP contribution >= 0.6 is 15.9 Å². The van der Waals surface area contributed by atoms with Gasteiger partial charge < -0.3 is 5.32 Å². The van der Waals surface area contributed by atoms with Crippen LogP contribution in [0.15, 0.2) is 22.7 Å². The van der Waals surface area contributed by atoms with E-state index in [1.54, 1.807) is 12.1 Å². The van der Waals surface area contributed by atoms with Gasteiger partial charge in [0, 0.05) is 12.8 Å². The normalized spacial score (nSPS) is 16.8. The lowest BCUT2D eigenvalue weighted by Crippen LogP contribution is -2.29. The standard InChI is InChI=1S/C14H17BrFNO/c15-14-11(2-1-3-13(14)16)9-12(18)8-10-4-6-17-7-5-10/h1-3,10,17H,4-9H2. The van der Waals surface area contributed by atoms with Gasteiger partial charge in [0.25, 0.3) is 0 Å². The number of hydrogen-bond donors (Lipinski definition) is 1. The maximum absolute atomic E-state index is 13.3. The molecule has 1 aromatic carbocycles. The largest absolute Gasteiger partial charge is 0.317 e. The van der Waals surface area contributed by atoms with Gasteiger partial charge in [-0.3, -0.25) is 4.79 Å². The second-order valence-corrected chi connectivity index (χ2v) is 5.62. The minimum absolute atomic E-state index is 0.202. The molecule has 98 valence electrons. The molecule has 4 heteroatoms. The predicted octanol–water partition coefficient (Wildman–Crippen LogP) is 3.09. The van der Waals surface area contributed by atoms with Gasteiger partial charge in [-0.2, -0.15) is 0 Å². The van der Waals surface area contributed by atoms with Crippen LogP contribution in [-0.4, -0.2) is 18.9 Å². The van der Waals surface area contributed by atoms with Crippen molar-refractivity contribution in [2.24, 2.45) is 5.92 Å². The first kappa shape index (κ1) is 13.7. The van der Waals surface area contributed by atoms with Crippen molar-refractivity contribution in [3.63, 3.8) is 0 Å². The van der Waals surface area contributed by atoms with E-state index in [2.05, 4.69) is 21.2 Å². The number of carbonyl (C=O) groups is 1. The minimum atomic E-state index is -0.304. The zero-order valence-electron chi connectivity index (χ0n) is 10.2. The molecule has 0 saturated carbocycles. The fraction of sp³-hybridized carbons (Fsp3) is 0.500. The number of piperidine rings is 1. The molecule has 0 radical (unpaired) electrons. The van der Waals surface area contributed by atoms with E-state index in [-0.39, 0.29) is 11.6 Å². The molecule has 0 aromatic heterocycles. The third-order valence-electron chi connectivity index (χ3n) is 3.39. The quantitative estimate of drug-likeness (QED) is 0.925. The summed E-state index contributed by atoms with van der Waals surface area (Å²) in [5.41, 5.74) is 0.744. The van der Waals surface area contributed by atoms with Crippen LogP contribution in [0.3, 0.4) is 0 Å². The summed E-state index contributed by atoms with van der Waals surface area (Å²) >= 11 is 3.20. The Hall–Kier alpha value is -0.740. The Morgan fingerprint density at radius 2 is 2.11 bits per heavy atom. The van der Waals surface area contributed by atoms with Gasteiger partial charge >= 0.3 is 0 Å². The van der Waals surface area contributed by atoms with Gasteiger partial charge in [-0.1, -0.05) is 12.1 Å². The van der Waals surface area contributed by atoms with Crippen LogP contribution in [0.4, 0.5) is 4.39 Å².